The number of terminal acetylenes is 1. The summed E-state index contributed by atoms with van der Waals surface area (Å²) >= 11 is 0. The van der Waals surface area contributed by atoms with Gasteiger partial charge in [-0.3, -0.25) is 4.68 Å². The fraction of sp³-hybridized carbons (Fsp3) is 0.615. The minimum Gasteiger partial charge on any atom is -0.330 e. The number of nitrogens with zero attached hydrogens (tertiary/aromatic N) is 2. The van der Waals surface area contributed by atoms with Crippen LogP contribution in [-0.4, -0.2) is 16.3 Å². The van der Waals surface area contributed by atoms with Crippen LogP contribution in [0.3, 0.4) is 0 Å². The molecule has 0 amide bonds. The first-order valence-electron chi connectivity index (χ1n) is 5.97. The number of aromatic nitrogens is 2. The Bertz CT molecular complexity index is 380. The fourth-order valence-corrected chi connectivity index (χ4v) is 2.66. The predicted molar refractivity (Wildman–Crippen MR) is 64.9 cm³/mol. The molecule has 0 radical (unpaired) electrons. The molecule has 1 saturated carbocycles. The highest BCUT2D eigenvalue weighted by molar-refractivity contribution is 5.21. The summed E-state index contributed by atoms with van der Waals surface area (Å²) in [6, 6.07) is 0. The third-order valence-electron chi connectivity index (χ3n) is 3.70. The third-order valence-corrected chi connectivity index (χ3v) is 3.70. The topological polar surface area (TPSA) is 43.8 Å². The van der Waals surface area contributed by atoms with Crippen molar-refractivity contribution < 1.29 is 0 Å². The van der Waals surface area contributed by atoms with Crippen LogP contribution in [0, 0.1) is 12.3 Å². The van der Waals surface area contributed by atoms with Crippen LogP contribution in [-0.2, 0) is 12.0 Å². The van der Waals surface area contributed by atoms with Crippen molar-refractivity contribution in [1.29, 1.82) is 0 Å². The number of hydrogen-bond donors (Lipinski definition) is 1. The van der Waals surface area contributed by atoms with E-state index in [1.807, 2.05) is 10.9 Å². The molecule has 3 heteroatoms. The molecule has 1 aliphatic rings. The molecule has 2 N–H and O–H groups in total. The van der Waals surface area contributed by atoms with Gasteiger partial charge in [0.2, 0.25) is 0 Å². The van der Waals surface area contributed by atoms with Gasteiger partial charge < -0.3 is 5.73 Å². The monoisotopic (exact) mass is 217 g/mol. The van der Waals surface area contributed by atoms with E-state index in [4.69, 9.17) is 12.2 Å². The van der Waals surface area contributed by atoms with Crippen LogP contribution in [0.1, 0.15) is 37.7 Å². The van der Waals surface area contributed by atoms with Crippen LogP contribution < -0.4 is 5.73 Å². The summed E-state index contributed by atoms with van der Waals surface area (Å²) < 4.78 is 1.82. The molecule has 86 valence electrons. The first kappa shape index (κ1) is 11.2. The van der Waals surface area contributed by atoms with Gasteiger partial charge in [0.1, 0.15) is 6.54 Å². The zero-order chi connectivity index (χ0) is 11.4. The molecular formula is C13H19N3. The third kappa shape index (κ3) is 1.98. The first-order valence-corrected chi connectivity index (χ1v) is 5.97. The van der Waals surface area contributed by atoms with Crippen molar-refractivity contribution in [2.24, 2.45) is 5.73 Å². The molecule has 1 aromatic rings. The highest BCUT2D eigenvalue weighted by Crippen LogP contribution is 2.38. The molecule has 0 unspecified atom stereocenters. The van der Waals surface area contributed by atoms with Gasteiger partial charge in [-0.1, -0.05) is 25.2 Å². The molecule has 1 fully saturated rings. The fourth-order valence-electron chi connectivity index (χ4n) is 2.66. The molecule has 0 bridgehead atoms. The molecule has 0 aromatic carbocycles. The number of hydrogen-bond acceptors (Lipinski definition) is 2. The average molecular weight is 217 g/mol. The smallest absolute Gasteiger partial charge is 0.101 e. The SMILES string of the molecule is C#CCn1cc(C2(CN)CCCCC2)cn1. The summed E-state index contributed by atoms with van der Waals surface area (Å²) in [6.45, 7) is 1.26. The molecule has 1 heterocycles. The summed E-state index contributed by atoms with van der Waals surface area (Å²) in [7, 11) is 0. The zero-order valence-corrected chi connectivity index (χ0v) is 9.65. The number of rotatable bonds is 3. The summed E-state index contributed by atoms with van der Waals surface area (Å²) in [5.41, 5.74) is 7.40. The minimum atomic E-state index is 0.158. The van der Waals surface area contributed by atoms with Gasteiger partial charge in [-0.2, -0.15) is 5.10 Å². The van der Waals surface area contributed by atoms with Gasteiger partial charge in [-0.25, -0.2) is 0 Å². The largest absolute Gasteiger partial charge is 0.330 e. The Hall–Kier alpha value is -1.27. The van der Waals surface area contributed by atoms with Crippen molar-refractivity contribution in [2.45, 2.75) is 44.1 Å². The van der Waals surface area contributed by atoms with Gasteiger partial charge in [-0.15, -0.1) is 6.42 Å². The van der Waals surface area contributed by atoms with Crippen LogP contribution in [0.15, 0.2) is 12.4 Å². The molecule has 1 aromatic heterocycles. The van der Waals surface area contributed by atoms with Crippen LogP contribution in [0.4, 0.5) is 0 Å². The second-order valence-corrected chi connectivity index (χ2v) is 4.68. The summed E-state index contributed by atoms with van der Waals surface area (Å²) in [4.78, 5) is 0. The van der Waals surface area contributed by atoms with Gasteiger partial charge in [0, 0.05) is 18.2 Å². The van der Waals surface area contributed by atoms with Gasteiger partial charge in [0.05, 0.1) is 6.20 Å². The lowest BCUT2D eigenvalue weighted by atomic mass is 9.70. The number of nitrogens with two attached hydrogens (primary N) is 1. The lowest BCUT2D eigenvalue weighted by molar-refractivity contribution is 0.300. The maximum absolute atomic E-state index is 5.98. The lowest BCUT2D eigenvalue weighted by Crippen LogP contribution is -2.36. The maximum atomic E-state index is 5.98. The van der Waals surface area contributed by atoms with Crippen molar-refractivity contribution in [3.05, 3.63) is 18.0 Å². The molecule has 3 nitrogen and oxygen atoms in total. The van der Waals surface area contributed by atoms with Crippen molar-refractivity contribution >= 4 is 0 Å². The molecule has 2 rings (SSSR count). The van der Waals surface area contributed by atoms with E-state index in [0.29, 0.717) is 6.54 Å². The highest BCUT2D eigenvalue weighted by Gasteiger charge is 2.33. The quantitative estimate of drug-likeness (QED) is 0.783. The van der Waals surface area contributed by atoms with E-state index in [1.165, 1.54) is 37.7 Å². The Kier molecular flexibility index (Phi) is 3.31. The zero-order valence-electron chi connectivity index (χ0n) is 9.65. The second kappa shape index (κ2) is 4.71. The van der Waals surface area contributed by atoms with Crippen molar-refractivity contribution in [1.82, 2.24) is 9.78 Å². The van der Waals surface area contributed by atoms with E-state index in [2.05, 4.69) is 17.2 Å². The normalized spacial score (nSPS) is 19.2. The summed E-state index contributed by atoms with van der Waals surface area (Å²) in [6.07, 6.45) is 15.5. The van der Waals surface area contributed by atoms with E-state index >= 15 is 0 Å². The van der Waals surface area contributed by atoms with Gasteiger partial charge >= 0.3 is 0 Å². The molecule has 16 heavy (non-hydrogen) atoms. The Labute approximate surface area is 97.0 Å². The molecule has 0 atom stereocenters. The van der Waals surface area contributed by atoms with Gasteiger partial charge in [0.15, 0.2) is 0 Å². The van der Waals surface area contributed by atoms with E-state index in [1.54, 1.807) is 0 Å². The molecule has 0 aliphatic heterocycles. The maximum Gasteiger partial charge on any atom is 0.101 e. The van der Waals surface area contributed by atoms with E-state index in [9.17, 15) is 0 Å². The average Bonchev–Trinajstić information content (AvgIpc) is 2.80. The standard InChI is InChI=1S/C13H19N3/c1-2-8-16-10-12(9-15-16)13(11-14)6-4-3-5-7-13/h1,9-10H,3-8,11,14H2. The Morgan fingerprint density at radius 2 is 2.19 bits per heavy atom. The van der Waals surface area contributed by atoms with Crippen LogP contribution >= 0.6 is 0 Å². The highest BCUT2D eigenvalue weighted by atomic mass is 15.3. The Morgan fingerprint density at radius 3 is 2.81 bits per heavy atom. The molecule has 0 saturated heterocycles. The Morgan fingerprint density at radius 1 is 1.44 bits per heavy atom. The van der Waals surface area contributed by atoms with Crippen LogP contribution in [0.2, 0.25) is 0 Å². The summed E-state index contributed by atoms with van der Waals surface area (Å²) in [5.74, 6) is 2.60. The van der Waals surface area contributed by atoms with E-state index < -0.39 is 0 Å². The second-order valence-electron chi connectivity index (χ2n) is 4.68. The molecule has 0 spiro atoms. The lowest BCUT2D eigenvalue weighted by Gasteiger charge is -2.35. The first-order chi connectivity index (χ1) is 7.80. The van der Waals surface area contributed by atoms with Gasteiger partial charge in [0.25, 0.3) is 0 Å². The van der Waals surface area contributed by atoms with Crippen LogP contribution in [0.25, 0.3) is 0 Å². The van der Waals surface area contributed by atoms with Crippen molar-refractivity contribution in [2.75, 3.05) is 6.54 Å². The van der Waals surface area contributed by atoms with Crippen LogP contribution in [0.5, 0.6) is 0 Å². The molecular weight excluding hydrogens is 198 g/mol. The van der Waals surface area contributed by atoms with Gasteiger partial charge in [-0.05, 0) is 18.4 Å². The van der Waals surface area contributed by atoms with E-state index in [0.717, 1.165) is 6.54 Å². The predicted octanol–water partition coefficient (Wildman–Crippen LogP) is 1.68. The minimum absolute atomic E-state index is 0.158. The Balaban J connectivity index is 2.22. The summed E-state index contributed by atoms with van der Waals surface area (Å²) in [5, 5.41) is 4.29. The van der Waals surface area contributed by atoms with E-state index in [-0.39, 0.29) is 5.41 Å². The van der Waals surface area contributed by atoms with Crippen molar-refractivity contribution in [3.63, 3.8) is 0 Å². The van der Waals surface area contributed by atoms with Crippen molar-refractivity contribution in [3.8, 4) is 12.3 Å². The molecule has 1 aliphatic carbocycles.